The van der Waals surface area contributed by atoms with E-state index in [4.69, 9.17) is 4.74 Å². The average Bonchev–Trinajstić information content (AvgIpc) is 2.75. The summed E-state index contributed by atoms with van der Waals surface area (Å²) >= 11 is 0. The highest BCUT2D eigenvalue weighted by Crippen LogP contribution is 2.21. The molecule has 0 unspecified atom stereocenters. The molecule has 7 nitrogen and oxygen atoms in total. The summed E-state index contributed by atoms with van der Waals surface area (Å²) in [7, 11) is -2.28. The highest BCUT2D eigenvalue weighted by atomic mass is 32.2. The minimum absolute atomic E-state index is 0.0455. The van der Waals surface area contributed by atoms with Crippen molar-refractivity contribution in [3.05, 3.63) is 53.6 Å². The predicted molar refractivity (Wildman–Crippen MR) is 122 cm³/mol. The number of likely N-dealkylation sites (tertiary alicyclic amines) is 1. The maximum Gasteiger partial charge on any atom is 0.261 e. The Balaban J connectivity index is 1.64. The highest BCUT2D eigenvalue weighted by molar-refractivity contribution is 7.92. The summed E-state index contributed by atoms with van der Waals surface area (Å²) in [4.78, 5) is 15.1. The van der Waals surface area contributed by atoms with E-state index in [0.29, 0.717) is 23.5 Å². The number of nitrogens with one attached hydrogen (secondary N) is 2. The molecule has 2 aromatic rings. The molecule has 1 saturated heterocycles. The fraction of sp³-hybridized carbons (Fsp3) is 0.435. The van der Waals surface area contributed by atoms with Crippen molar-refractivity contribution in [2.75, 3.05) is 38.0 Å². The van der Waals surface area contributed by atoms with Crippen LogP contribution >= 0.6 is 0 Å². The number of hydrogen-bond donors (Lipinski definition) is 2. The van der Waals surface area contributed by atoms with Crippen molar-refractivity contribution in [1.82, 2.24) is 10.2 Å². The van der Waals surface area contributed by atoms with Crippen molar-refractivity contribution in [1.29, 1.82) is 0 Å². The van der Waals surface area contributed by atoms with Gasteiger partial charge in [0.1, 0.15) is 5.75 Å². The van der Waals surface area contributed by atoms with Gasteiger partial charge in [-0.2, -0.15) is 0 Å². The zero-order valence-electron chi connectivity index (χ0n) is 18.3. The van der Waals surface area contributed by atoms with E-state index in [-0.39, 0.29) is 10.8 Å². The number of aryl methyl sites for hydroxylation is 1. The van der Waals surface area contributed by atoms with E-state index < -0.39 is 10.0 Å². The summed E-state index contributed by atoms with van der Waals surface area (Å²) in [6.07, 6.45) is 2.38. The van der Waals surface area contributed by atoms with Crippen LogP contribution in [0.25, 0.3) is 0 Å². The van der Waals surface area contributed by atoms with E-state index in [9.17, 15) is 13.2 Å². The number of nitrogens with zero attached hydrogens (tertiary/aromatic N) is 1. The minimum atomic E-state index is -3.83. The number of carbonyl (C=O) groups is 1. The van der Waals surface area contributed by atoms with Crippen molar-refractivity contribution in [2.24, 2.45) is 5.92 Å². The molecule has 0 bridgehead atoms. The van der Waals surface area contributed by atoms with Gasteiger partial charge >= 0.3 is 0 Å². The summed E-state index contributed by atoms with van der Waals surface area (Å²) in [6, 6.07) is 11.2. The van der Waals surface area contributed by atoms with Crippen LogP contribution in [0, 0.1) is 12.8 Å². The van der Waals surface area contributed by atoms with Crippen LogP contribution in [0.4, 0.5) is 5.69 Å². The van der Waals surface area contributed by atoms with Crippen LogP contribution in [0.3, 0.4) is 0 Å². The lowest BCUT2D eigenvalue weighted by molar-refractivity contribution is 0.0943. The van der Waals surface area contributed by atoms with Crippen LogP contribution in [-0.2, 0) is 10.0 Å². The van der Waals surface area contributed by atoms with Crippen molar-refractivity contribution >= 4 is 21.6 Å². The Morgan fingerprint density at radius 1 is 1.13 bits per heavy atom. The standard InChI is InChI=1S/C23H31N3O4S/c1-17-10-13-26(14-11-17)15-12-24-23(27)22-16-21(9-4-18(22)2)31(28,29)25-19-5-7-20(30-3)8-6-19/h4-9,16-17,25H,10-15H2,1-3H3,(H,24,27). The van der Waals surface area contributed by atoms with Crippen LogP contribution in [0.2, 0.25) is 0 Å². The first-order valence-corrected chi connectivity index (χ1v) is 12.0. The van der Waals surface area contributed by atoms with Crippen LogP contribution in [0.5, 0.6) is 5.75 Å². The summed E-state index contributed by atoms with van der Waals surface area (Å²) < 4.78 is 33.2. The fourth-order valence-electron chi connectivity index (χ4n) is 3.59. The van der Waals surface area contributed by atoms with Crippen molar-refractivity contribution in [3.8, 4) is 5.75 Å². The van der Waals surface area contributed by atoms with E-state index >= 15 is 0 Å². The number of amides is 1. The highest BCUT2D eigenvalue weighted by Gasteiger charge is 2.19. The van der Waals surface area contributed by atoms with Gasteiger partial charge in [-0.25, -0.2) is 8.42 Å². The van der Waals surface area contributed by atoms with E-state index in [1.807, 2.05) is 0 Å². The molecule has 0 radical (unpaired) electrons. The van der Waals surface area contributed by atoms with Gasteiger partial charge in [-0.05, 0) is 80.7 Å². The average molecular weight is 446 g/mol. The second kappa shape index (κ2) is 10.2. The van der Waals surface area contributed by atoms with Crippen LogP contribution < -0.4 is 14.8 Å². The van der Waals surface area contributed by atoms with Crippen molar-refractivity contribution in [2.45, 2.75) is 31.6 Å². The zero-order valence-corrected chi connectivity index (χ0v) is 19.2. The van der Waals surface area contributed by atoms with E-state index in [2.05, 4.69) is 21.9 Å². The Morgan fingerprint density at radius 3 is 2.45 bits per heavy atom. The monoisotopic (exact) mass is 445 g/mol. The van der Waals surface area contributed by atoms with Gasteiger partial charge in [-0.15, -0.1) is 0 Å². The van der Waals surface area contributed by atoms with E-state index in [1.165, 1.54) is 25.0 Å². The first-order chi connectivity index (χ1) is 14.8. The molecule has 168 valence electrons. The molecular formula is C23H31N3O4S. The van der Waals surface area contributed by atoms with Gasteiger partial charge in [-0.3, -0.25) is 9.52 Å². The van der Waals surface area contributed by atoms with Crippen LogP contribution in [-0.4, -0.2) is 52.5 Å². The zero-order chi connectivity index (χ0) is 22.4. The van der Waals surface area contributed by atoms with Gasteiger partial charge in [0, 0.05) is 24.3 Å². The molecule has 0 aromatic heterocycles. The smallest absolute Gasteiger partial charge is 0.261 e. The molecule has 0 atom stereocenters. The lowest BCUT2D eigenvalue weighted by Gasteiger charge is -2.30. The maximum absolute atomic E-state index is 12.8. The van der Waals surface area contributed by atoms with Gasteiger partial charge in [0.15, 0.2) is 0 Å². The van der Waals surface area contributed by atoms with E-state index in [1.54, 1.807) is 44.4 Å². The second-order valence-electron chi connectivity index (χ2n) is 8.09. The quantitative estimate of drug-likeness (QED) is 0.651. The third-order valence-corrected chi connectivity index (χ3v) is 7.08. The lowest BCUT2D eigenvalue weighted by Crippen LogP contribution is -2.39. The topological polar surface area (TPSA) is 87.7 Å². The Bertz CT molecular complexity index is 998. The molecule has 1 heterocycles. The normalized spacial score (nSPS) is 15.5. The molecule has 31 heavy (non-hydrogen) atoms. The summed E-state index contributed by atoms with van der Waals surface area (Å²) in [6.45, 7) is 7.52. The molecular weight excluding hydrogens is 414 g/mol. The predicted octanol–water partition coefficient (Wildman–Crippen LogP) is 3.27. The van der Waals surface area contributed by atoms with Crippen LogP contribution in [0.1, 0.15) is 35.7 Å². The van der Waals surface area contributed by atoms with Gasteiger partial charge in [-0.1, -0.05) is 13.0 Å². The number of methoxy groups -OCH3 is 1. The molecule has 1 amide bonds. The summed E-state index contributed by atoms with van der Waals surface area (Å²) in [5.41, 5.74) is 1.51. The number of piperidine rings is 1. The summed E-state index contributed by atoms with van der Waals surface area (Å²) in [5.74, 6) is 1.14. The Hall–Kier alpha value is -2.58. The first kappa shape index (κ1) is 23.1. The number of rotatable bonds is 8. The van der Waals surface area contributed by atoms with E-state index in [0.717, 1.165) is 31.1 Å². The molecule has 2 aromatic carbocycles. The number of ether oxygens (including phenoxy) is 1. The molecule has 1 fully saturated rings. The molecule has 0 spiro atoms. The molecule has 8 heteroatoms. The van der Waals surface area contributed by atoms with Gasteiger partial charge in [0.05, 0.1) is 12.0 Å². The number of sulfonamides is 1. The molecule has 0 saturated carbocycles. The summed E-state index contributed by atoms with van der Waals surface area (Å²) in [5, 5.41) is 2.93. The number of carbonyl (C=O) groups excluding carboxylic acids is 1. The Kier molecular flexibility index (Phi) is 7.56. The van der Waals surface area contributed by atoms with Crippen molar-refractivity contribution in [3.63, 3.8) is 0 Å². The number of hydrogen-bond acceptors (Lipinski definition) is 5. The number of benzene rings is 2. The Labute approximate surface area is 184 Å². The first-order valence-electron chi connectivity index (χ1n) is 10.6. The third kappa shape index (κ3) is 6.21. The van der Waals surface area contributed by atoms with Gasteiger partial charge < -0.3 is 15.0 Å². The van der Waals surface area contributed by atoms with Gasteiger partial charge in [0.25, 0.3) is 15.9 Å². The lowest BCUT2D eigenvalue weighted by atomic mass is 9.99. The van der Waals surface area contributed by atoms with Crippen LogP contribution in [0.15, 0.2) is 47.4 Å². The van der Waals surface area contributed by atoms with Gasteiger partial charge in [0.2, 0.25) is 0 Å². The molecule has 1 aliphatic rings. The second-order valence-corrected chi connectivity index (χ2v) is 9.77. The molecule has 1 aliphatic heterocycles. The number of anilines is 1. The SMILES string of the molecule is COc1ccc(NS(=O)(=O)c2ccc(C)c(C(=O)NCCN3CCC(C)CC3)c2)cc1. The molecule has 2 N–H and O–H groups in total. The maximum atomic E-state index is 12.8. The molecule has 0 aliphatic carbocycles. The third-order valence-electron chi connectivity index (χ3n) is 5.70. The van der Waals surface area contributed by atoms with Crippen molar-refractivity contribution < 1.29 is 17.9 Å². The Morgan fingerprint density at radius 2 is 1.81 bits per heavy atom. The largest absolute Gasteiger partial charge is 0.497 e. The molecule has 3 rings (SSSR count). The fourth-order valence-corrected chi connectivity index (χ4v) is 4.68. The minimum Gasteiger partial charge on any atom is -0.497 e.